The van der Waals surface area contributed by atoms with E-state index in [-0.39, 0.29) is 0 Å². The highest BCUT2D eigenvalue weighted by Crippen LogP contribution is 2.26. The fraction of sp³-hybridized carbons (Fsp3) is 0.278. The molecule has 2 nitrogen and oxygen atoms in total. The van der Waals surface area contributed by atoms with Gasteiger partial charge in [0.25, 0.3) is 0 Å². The van der Waals surface area contributed by atoms with E-state index >= 15 is 0 Å². The van der Waals surface area contributed by atoms with Crippen LogP contribution in [-0.2, 0) is 17.6 Å². The number of hydrogen-bond donors (Lipinski definition) is 1. The first kappa shape index (κ1) is 15.6. The van der Waals surface area contributed by atoms with Crippen molar-refractivity contribution in [2.24, 2.45) is 0 Å². The van der Waals surface area contributed by atoms with E-state index in [0.717, 1.165) is 23.1 Å². The van der Waals surface area contributed by atoms with E-state index in [0.29, 0.717) is 11.4 Å². The first-order chi connectivity index (χ1) is 10.0. The van der Waals surface area contributed by atoms with E-state index in [1.807, 2.05) is 31.2 Å². The van der Waals surface area contributed by atoms with E-state index in [9.17, 15) is 9.90 Å². The summed E-state index contributed by atoms with van der Waals surface area (Å²) in [5, 5.41) is 10.1. The average Bonchev–Trinajstić information content (AvgIpc) is 2.48. The third kappa shape index (κ3) is 3.85. The van der Waals surface area contributed by atoms with E-state index in [1.165, 1.54) is 5.56 Å². The topological polar surface area (TPSA) is 37.3 Å². The van der Waals surface area contributed by atoms with Crippen LogP contribution in [0, 0.1) is 6.92 Å². The van der Waals surface area contributed by atoms with Crippen LogP contribution < -0.4 is 0 Å². The largest absolute Gasteiger partial charge is 0.481 e. The van der Waals surface area contributed by atoms with Gasteiger partial charge >= 0.3 is 5.97 Å². The summed E-state index contributed by atoms with van der Waals surface area (Å²) in [6.45, 7) is 4.01. The molecule has 0 saturated carbocycles. The van der Waals surface area contributed by atoms with Crippen molar-refractivity contribution in [3.05, 3.63) is 69.7 Å². The third-order valence-electron chi connectivity index (χ3n) is 3.77. The van der Waals surface area contributed by atoms with Crippen LogP contribution in [0.15, 0.2) is 42.5 Å². The Bertz CT molecular complexity index is 632. The van der Waals surface area contributed by atoms with Crippen molar-refractivity contribution in [2.75, 3.05) is 0 Å². The lowest BCUT2D eigenvalue weighted by Crippen LogP contribution is -2.14. The smallest absolute Gasteiger partial charge is 0.311 e. The van der Waals surface area contributed by atoms with Gasteiger partial charge in [-0.25, -0.2) is 0 Å². The lowest BCUT2D eigenvalue weighted by Gasteiger charge is -2.14. The number of carbonyl (C=O) groups is 1. The van der Waals surface area contributed by atoms with Crippen molar-refractivity contribution < 1.29 is 9.90 Å². The Morgan fingerprint density at radius 3 is 2.29 bits per heavy atom. The lowest BCUT2D eigenvalue weighted by atomic mass is 9.91. The van der Waals surface area contributed by atoms with Gasteiger partial charge in [-0.1, -0.05) is 54.9 Å². The minimum absolute atomic E-state index is 0.471. The Labute approximate surface area is 130 Å². The highest BCUT2D eigenvalue weighted by atomic mass is 35.5. The molecular weight excluding hydrogens is 284 g/mol. The van der Waals surface area contributed by atoms with Gasteiger partial charge in [-0.15, -0.1) is 0 Å². The predicted octanol–water partition coefficient (Wildman–Crippen LogP) is 4.62. The molecule has 3 heteroatoms. The van der Waals surface area contributed by atoms with Gasteiger partial charge in [0.2, 0.25) is 0 Å². The molecular formula is C18H19ClO2. The van der Waals surface area contributed by atoms with Crippen LogP contribution in [0.25, 0.3) is 0 Å². The first-order valence-corrected chi connectivity index (χ1v) is 7.45. The number of benzene rings is 2. The highest BCUT2D eigenvalue weighted by Gasteiger charge is 2.21. The SMILES string of the molecule is CCc1ccc(CC(C(=O)O)c2ccc(C)c(Cl)c2)cc1. The van der Waals surface area contributed by atoms with Gasteiger partial charge in [-0.05, 0) is 48.1 Å². The number of rotatable bonds is 5. The molecule has 2 rings (SSSR count). The summed E-state index contributed by atoms with van der Waals surface area (Å²) in [4.78, 5) is 11.6. The standard InChI is InChI=1S/C18H19ClO2/c1-3-13-5-7-14(8-6-13)10-16(18(20)21)15-9-4-12(2)17(19)11-15/h4-9,11,16H,3,10H2,1-2H3,(H,20,21). The molecule has 0 saturated heterocycles. The van der Waals surface area contributed by atoms with Gasteiger partial charge in [-0.3, -0.25) is 4.79 Å². The van der Waals surface area contributed by atoms with Gasteiger partial charge in [0.05, 0.1) is 5.92 Å². The Balaban J connectivity index is 2.26. The highest BCUT2D eigenvalue weighted by molar-refractivity contribution is 6.31. The molecule has 2 aromatic rings. The molecule has 0 aromatic heterocycles. The van der Waals surface area contributed by atoms with Crippen LogP contribution in [-0.4, -0.2) is 11.1 Å². The molecule has 0 bridgehead atoms. The molecule has 1 atom stereocenters. The summed E-state index contributed by atoms with van der Waals surface area (Å²) in [6, 6.07) is 13.6. The Morgan fingerprint density at radius 1 is 1.14 bits per heavy atom. The van der Waals surface area contributed by atoms with Gasteiger partial charge < -0.3 is 5.11 Å². The van der Waals surface area contributed by atoms with Crippen molar-refractivity contribution >= 4 is 17.6 Å². The van der Waals surface area contributed by atoms with Crippen molar-refractivity contribution in [3.63, 3.8) is 0 Å². The van der Waals surface area contributed by atoms with Crippen molar-refractivity contribution in [2.45, 2.75) is 32.6 Å². The second kappa shape index (κ2) is 6.77. The number of carboxylic acids is 1. The number of aryl methyl sites for hydroxylation is 2. The van der Waals surface area contributed by atoms with Gasteiger partial charge in [0, 0.05) is 5.02 Å². The molecule has 0 aliphatic carbocycles. The molecule has 21 heavy (non-hydrogen) atoms. The molecule has 0 aliphatic rings. The molecule has 110 valence electrons. The number of halogens is 1. The second-order valence-electron chi connectivity index (χ2n) is 5.27. The minimum Gasteiger partial charge on any atom is -0.481 e. The third-order valence-corrected chi connectivity index (χ3v) is 4.17. The molecule has 0 amide bonds. The van der Waals surface area contributed by atoms with E-state index in [4.69, 9.17) is 11.6 Å². The van der Waals surface area contributed by atoms with Crippen molar-refractivity contribution in [1.82, 2.24) is 0 Å². The second-order valence-corrected chi connectivity index (χ2v) is 5.68. The molecule has 0 heterocycles. The Morgan fingerprint density at radius 2 is 1.76 bits per heavy atom. The summed E-state index contributed by atoms with van der Waals surface area (Å²) in [6.07, 6.45) is 1.45. The fourth-order valence-corrected chi connectivity index (χ4v) is 2.51. The Kier molecular flexibility index (Phi) is 5.03. The molecule has 0 radical (unpaired) electrons. The van der Waals surface area contributed by atoms with Gasteiger partial charge in [0.1, 0.15) is 0 Å². The maximum atomic E-state index is 11.6. The summed E-state index contributed by atoms with van der Waals surface area (Å²) < 4.78 is 0. The van der Waals surface area contributed by atoms with Crippen LogP contribution in [0.5, 0.6) is 0 Å². The van der Waals surface area contributed by atoms with Crippen LogP contribution >= 0.6 is 11.6 Å². The van der Waals surface area contributed by atoms with Crippen LogP contribution in [0.1, 0.15) is 35.1 Å². The van der Waals surface area contributed by atoms with E-state index in [2.05, 4.69) is 19.1 Å². The molecule has 1 unspecified atom stereocenters. The van der Waals surface area contributed by atoms with Crippen molar-refractivity contribution in [1.29, 1.82) is 0 Å². The molecule has 1 N–H and O–H groups in total. The zero-order chi connectivity index (χ0) is 15.4. The molecule has 2 aromatic carbocycles. The van der Waals surface area contributed by atoms with Crippen molar-refractivity contribution in [3.8, 4) is 0 Å². The summed E-state index contributed by atoms with van der Waals surface area (Å²) in [7, 11) is 0. The molecule has 0 fully saturated rings. The zero-order valence-corrected chi connectivity index (χ0v) is 13.0. The Hall–Kier alpha value is -1.80. The minimum atomic E-state index is -0.825. The van der Waals surface area contributed by atoms with Gasteiger partial charge in [-0.2, -0.15) is 0 Å². The zero-order valence-electron chi connectivity index (χ0n) is 12.3. The van der Waals surface area contributed by atoms with Crippen LogP contribution in [0.4, 0.5) is 0 Å². The monoisotopic (exact) mass is 302 g/mol. The maximum absolute atomic E-state index is 11.6. The van der Waals surface area contributed by atoms with Crippen LogP contribution in [0.3, 0.4) is 0 Å². The molecule has 0 spiro atoms. The summed E-state index contributed by atoms with van der Waals surface area (Å²) in [5.41, 5.74) is 3.98. The fourth-order valence-electron chi connectivity index (χ4n) is 2.32. The predicted molar refractivity (Wildman–Crippen MR) is 86.1 cm³/mol. The average molecular weight is 303 g/mol. The number of hydrogen-bond acceptors (Lipinski definition) is 1. The van der Waals surface area contributed by atoms with Crippen LogP contribution in [0.2, 0.25) is 5.02 Å². The number of aliphatic carboxylic acids is 1. The maximum Gasteiger partial charge on any atom is 0.311 e. The molecule has 0 aliphatic heterocycles. The van der Waals surface area contributed by atoms with E-state index < -0.39 is 11.9 Å². The summed E-state index contributed by atoms with van der Waals surface area (Å²) >= 11 is 6.11. The number of carboxylic acid groups (broad SMARTS) is 1. The quantitative estimate of drug-likeness (QED) is 0.875. The van der Waals surface area contributed by atoms with E-state index in [1.54, 1.807) is 6.07 Å². The van der Waals surface area contributed by atoms with Gasteiger partial charge in [0.15, 0.2) is 0 Å². The lowest BCUT2D eigenvalue weighted by molar-refractivity contribution is -0.138. The first-order valence-electron chi connectivity index (χ1n) is 7.08. The normalized spacial score (nSPS) is 12.1. The summed E-state index contributed by atoms with van der Waals surface area (Å²) in [5.74, 6) is -1.40.